The third-order valence-electron chi connectivity index (χ3n) is 5.00. The van der Waals surface area contributed by atoms with Gasteiger partial charge in [0.2, 0.25) is 4.77 Å². The number of rotatable bonds is 6. The standard InChI is InChI=1S/C21H25N5O2S/c1-2-28-19-7-5-17(6-8-19)26-20(16-9-11-22-12-10-16)23-25(21(26)29)15-24-13-3-4-18(27)14-24/h5-12,18,27H,2-4,13-15H2,1H3/t18-/m0/s1. The summed E-state index contributed by atoms with van der Waals surface area (Å²) < 4.78 is 9.98. The van der Waals surface area contributed by atoms with Gasteiger partial charge in [0.05, 0.1) is 25.1 Å². The van der Waals surface area contributed by atoms with Crippen LogP contribution in [0.5, 0.6) is 5.75 Å². The van der Waals surface area contributed by atoms with E-state index >= 15 is 0 Å². The van der Waals surface area contributed by atoms with E-state index in [9.17, 15) is 5.11 Å². The highest BCUT2D eigenvalue weighted by Crippen LogP contribution is 2.24. The number of aliphatic hydroxyl groups is 1. The molecule has 0 radical (unpaired) electrons. The molecule has 0 saturated carbocycles. The number of nitrogens with zero attached hydrogens (tertiary/aromatic N) is 5. The number of β-amino-alcohol motifs (C(OH)–C–C–N with tert-alkyl or cyclic N) is 1. The summed E-state index contributed by atoms with van der Waals surface area (Å²) in [6, 6.07) is 11.7. The Morgan fingerprint density at radius 3 is 2.62 bits per heavy atom. The third-order valence-corrected chi connectivity index (χ3v) is 5.39. The van der Waals surface area contributed by atoms with Gasteiger partial charge in [-0.1, -0.05) is 0 Å². The molecule has 0 unspecified atom stereocenters. The molecule has 1 aliphatic heterocycles. The monoisotopic (exact) mass is 411 g/mol. The molecule has 4 rings (SSSR count). The number of aliphatic hydroxyl groups excluding tert-OH is 1. The lowest BCUT2D eigenvalue weighted by Gasteiger charge is -2.29. The van der Waals surface area contributed by atoms with Crippen LogP contribution in [-0.2, 0) is 6.67 Å². The molecule has 1 atom stereocenters. The molecule has 8 heteroatoms. The van der Waals surface area contributed by atoms with E-state index in [0.717, 1.165) is 42.2 Å². The smallest absolute Gasteiger partial charge is 0.204 e. The first-order valence-corrected chi connectivity index (χ1v) is 10.3. The summed E-state index contributed by atoms with van der Waals surface area (Å²) >= 11 is 5.80. The van der Waals surface area contributed by atoms with E-state index in [1.807, 2.05) is 52.6 Å². The molecule has 1 saturated heterocycles. The van der Waals surface area contributed by atoms with Crippen LogP contribution in [0.4, 0.5) is 0 Å². The predicted octanol–water partition coefficient (Wildman–Crippen LogP) is 3.28. The Morgan fingerprint density at radius 1 is 1.17 bits per heavy atom. The lowest BCUT2D eigenvalue weighted by molar-refractivity contribution is 0.0513. The van der Waals surface area contributed by atoms with Crippen LogP contribution in [0.3, 0.4) is 0 Å². The highest BCUT2D eigenvalue weighted by atomic mass is 32.1. The number of likely N-dealkylation sites (tertiary alicyclic amines) is 1. The van der Waals surface area contributed by atoms with Gasteiger partial charge in [-0.2, -0.15) is 0 Å². The van der Waals surface area contributed by atoms with E-state index < -0.39 is 0 Å². The van der Waals surface area contributed by atoms with Crippen molar-refractivity contribution in [2.45, 2.75) is 32.5 Å². The van der Waals surface area contributed by atoms with Gasteiger partial charge in [0.15, 0.2) is 5.82 Å². The highest BCUT2D eigenvalue weighted by Gasteiger charge is 2.20. The number of aromatic nitrogens is 4. The van der Waals surface area contributed by atoms with Crippen LogP contribution < -0.4 is 4.74 Å². The summed E-state index contributed by atoms with van der Waals surface area (Å²) in [5, 5.41) is 14.8. The molecular weight excluding hydrogens is 386 g/mol. The largest absolute Gasteiger partial charge is 0.494 e. The summed E-state index contributed by atoms with van der Waals surface area (Å²) in [5.41, 5.74) is 1.87. The first kappa shape index (κ1) is 19.8. The van der Waals surface area contributed by atoms with Crippen LogP contribution in [0, 0.1) is 4.77 Å². The van der Waals surface area contributed by atoms with Gasteiger partial charge in [0.1, 0.15) is 5.75 Å². The topological polar surface area (TPSA) is 68.3 Å². The van der Waals surface area contributed by atoms with Gasteiger partial charge in [-0.3, -0.25) is 14.5 Å². The molecule has 2 aromatic heterocycles. The lowest BCUT2D eigenvalue weighted by atomic mass is 10.1. The third kappa shape index (κ3) is 4.39. The zero-order valence-electron chi connectivity index (χ0n) is 16.4. The Balaban J connectivity index is 1.74. The van der Waals surface area contributed by atoms with E-state index in [2.05, 4.69) is 9.88 Å². The zero-order chi connectivity index (χ0) is 20.2. The van der Waals surface area contributed by atoms with Crippen LogP contribution in [0.25, 0.3) is 17.1 Å². The first-order chi connectivity index (χ1) is 14.2. The molecule has 1 N–H and O–H groups in total. The molecule has 1 fully saturated rings. The zero-order valence-corrected chi connectivity index (χ0v) is 17.3. The summed E-state index contributed by atoms with van der Waals surface area (Å²) in [5.74, 6) is 1.59. The number of ether oxygens (including phenoxy) is 1. The molecule has 7 nitrogen and oxygen atoms in total. The van der Waals surface area contributed by atoms with E-state index in [1.54, 1.807) is 12.4 Å². The summed E-state index contributed by atoms with van der Waals surface area (Å²) in [6.07, 6.45) is 5.04. The Hall–Kier alpha value is -2.55. The van der Waals surface area contributed by atoms with Gasteiger partial charge in [0, 0.05) is 31.0 Å². The molecule has 3 heterocycles. The average molecular weight is 412 g/mol. The first-order valence-electron chi connectivity index (χ1n) is 9.89. The Labute approximate surface area is 175 Å². The molecule has 152 valence electrons. The fourth-order valence-electron chi connectivity index (χ4n) is 3.63. The molecule has 29 heavy (non-hydrogen) atoms. The van der Waals surface area contributed by atoms with Gasteiger partial charge >= 0.3 is 0 Å². The Morgan fingerprint density at radius 2 is 1.93 bits per heavy atom. The van der Waals surface area contributed by atoms with Crippen LogP contribution >= 0.6 is 12.2 Å². The quantitative estimate of drug-likeness (QED) is 0.628. The SMILES string of the molecule is CCOc1ccc(-n2c(-c3ccncc3)nn(CN3CCC[C@H](O)C3)c2=S)cc1. The Bertz CT molecular complexity index is 1000. The minimum absolute atomic E-state index is 0.286. The fraction of sp³-hybridized carbons (Fsp3) is 0.381. The van der Waals surface area contributed by atoms with Crippen molar-refractivity contribution in [3.8, 4) is 22.8 Å². The predicted molar refractivity (Wildman–Crippen MR) is 114 cm³/mol. The maximum Gasteiger partial charge on any atom is 0.204 e. The molecule has 1 aromatic carbocycles. The molecule has 0 bridgehead atoms. The van der Waals surface area contributed by atoms with E-state index in [-0.39, 0.29) is 6.10 Å². The van der Waals surface area contributed by atoms with Gasteiger partial charge in [-0.05, 0) is 68.4 Å². The van der Waals surface area contributed by atoms with Crippen molar-refractivity contribution in [1.29, 1.82) is 0 Å². The van der Waals surface area contributed by atoms with E-state index in [0.29, 0.717) is 24.6 Å². The molecule has 3 aromatic rings. The second-order valence-electron chi connectivity index (χ2n) is 7.12. The number of pyridine rings is 1. The van der Waals surface area contributed by atoms with Gasteiger partial charge in [-0.25, -0.2) is 4.68 Å². The molecule has 0 spiro atoms. The van der Waals surface area contributed by atoms with Crippen LogP contribution in [-0.4, -0.2) is 55.1 Å². The Kier molecular flexibility index (Phi) is 6.03. The second kappa shape index (κ2) is 8.86. The molecule has 0 aliphatic carbocycles. The maximum atomic E-state index is 9.99. The van der Waals surface area contributed by atoms with Crippen LogP contribution in [0.15, 0.2) is 48.8 Å². The van der Waals surface area contributed by atoms with Crippen LogP contribution in [0.2, 0.25) is 0 Å². The number of hydrogen-bond donors (Lipinski definition) is 1. The van der Waals surface area contributed by atoms with Crippen molar-refractivity contribution in [1.82, 2.24) is 24.2 Å². The maximum absolute atomic E-state index is 9.99. The minimum Gasteiger partial charge on any atom is -0.494 e. The van der Waals surface area contributed by atoms with Crippen molar-refractivity contribution >= 4 is 12.2 Å². The number of benzene rings is 1. The highest BCUT2D eigenvalue weighted by molar-refractivity contribution is 7.71. The van der Waals surface area contributed by atoms with Crippen molar-refractivity contribution < 1.29 is 9.84 Å². The summed E-state index contributed by atoms with van der Waals surface area (Å²) in [4.78, 5) is 6.30. The van der Waals surface area contributed by atoms with Gasteiger partial charge in [-0.15, -0.1) is 5.10 Å². The van der Waals surface area contributed by atoms with E-state index in [1.165, 1.54) is 0 Å². The molecular formula is C21H25N5O2S. The summed E-state index contributed by atoms with van der Waals surface area (Å²) in [7, 11) is 0. The lowest BCUT2D eigenvalue weighted by Crippen LogP contribution is -2.39. The van der Waals surface area contributed by atoms with E-state index in [4.69, 9.17) is 22.1 Å². The van der Waals surface area contributed by atoms with Gasteiger partial charge in [0.25, 0.3) is 0 Å². The second-order valence-corrected chi connectivity index (χ2v) is 7.48. The van der Waals surface area contributed by atoms with Crippen molar-refractivity contribution in [3.05, 3.63) is 53.6 Å². The minimum atomic E-state index is -0.286. The van der Waals surface area contributed by atoms with Gasteiger partial charge < -0.3 is 9.84 Å². The average Bonchev–Trinajstić information content (AvgIpc) is 3.06. The normalized spacial score (nSPS) is 17.4. The number of piperidine rings is 1. The van der Waals surface area contributed by atoms with Crippen molar-refractivity contribution in [3.63, 3.8) is 0 Å². The molecule has 0 amide bonds. The fourth-order valence-corrected chi connectivity index (χ4v) is 3.92. The van der Waals surface area contributed by atoms with Crippen molar-refractivity contribution in [2.75, 3.05) is 19.7 Å². The molecule has 1 aliphatic rings. The van der Waals surface area contributed by atoms with Crippen LogP contribution in [0.1, 0.15) is 19.8 Å². The summed E-state index contributed by atoms with van der Waals surface area (Å²) in [6.45, 7) is 4.72. The van der Waals surface area contributed by atoms with Crippen molar-refractivity contribution in [2.24, 2.45) is 0 Å². The number of hydrogen-bond acceptors (Lipinski definition) is 6.